The normalized spacial score (nSPS) is 10.8. The highest BCUT2D eigenvalue weighted by atomic mass is 32.2. The van der Waals surface area contributed by atoms with E-state index in [4.69, 9.17) is 0 Å². The number of aromatic nitrogens is 4. The third-order valence-electron chi connectivity index (χ3n) is 4.08. The van der Waals surface area contributed by atoms with E-state index >= 15 is 0 Å². The maximum absolute atomic E-state index is 10.7. The average molecular weight is 473 g/mol. The van der Waals surface area contributed by atoms with E-state index in [1.165, 1.54) is 58.7 Å². The summed E-state index contributed by atoms with van der Waals surface area (Å²) in [4.78, 5) is 20.6. The van der Waals surface area contributed by atoms with Gasteiger partial charge in [0.15, 0.2) is 8.68 Å². The predicted molar refractivity (Wildman–Crippen MR) is 116 cm³/mol. The molecule has 13 heteroatoms. The fraction of sp³-hybridized carbons (Fsp3) is 0.111. The molecule has 0 aliphatic heterocycles. The van der Waals surface area contributed by atoms with Crippen molar-refractivity contribution in [3.8, 4) is 0 Å². The Labute approximate surface area is 187 Å². The van der Waals surface area contributed by atoms with E-state index in [2.05, 4.69) is 20.4 Å². The third-order valence-corrected chi connectivity index (χ3v) is 7.02. The van der Waals surface area contributed by atoms with Crippen LogP contribution < -0.4 is 0 Å². The molecule has 0 atom stereocenters. The van der Waals surface area contributed by atoms with E-state index in [0.717, 1.165) is 29.8 Å². The van der Waals surface area contributed by atoms with Crippen LogP contribution in [-0.4, -0.2) is 30.2 Å². The molecule has 31 heavy (non-hydrogen) atoms. The molecule has 0 unspecified atom stereocenters. The highest BCUT2D eigenvalue weighted by molar-refractivity contribution is 8.02. The van der Waals surface area contributed by atoms with Crippen LogP contribution in [0.5, 0.6) is 0 Å². The molecule has 0 radical (unpaired) electrons. The van der Waals surface area contributed by atoms with Gasteiger partial charge >= 0.3 is 0 Å². The summed E-state index contributed by atoms with van der Waals surface area (Å²) in [5, 5.41) is 39.8. The van der Waals surface area contributed by atoms with Crippen LogP contribution in [-0.2, 0) is 12.8 Å². The molecular weight excluding hydrogens is 460 g/mol. The maximum Gasteiger partial charge on any atom is 0.269 e. The van der Waals surface area contributed by atoms with Crippen molar-refractivity contribution in [2.75, 3.05) is 0 Å². The Hall–Kier alpha value is -3.29. The summed E-state index contributed by atoms with van der Waals surface area (Å²) in [6, 6.07) is 12.7. The van der Waals surface area contributed by atoms with Gasteiger partial charge < -0.3 is 0 Å². The SMILES string of the molecule is O=[N+]([O-])c1ccc(Cc2nnc(Sc3nnc(Cc4ccc([N+](=O)[O-])cc4)s3)s2)cc1. The molecule has 0 spiro atoms. The second-order valence-corrected chi connectivity index (χ2v) is 9.84. The van der Waals surface area contributed by atoms with Crippen molar-refractivity contribution in [1.82, 2.24) is 20.4 Å². The van der Waals surface area contributed by atoms with Gasteiger partial charge in [0.2, 0.25) is 0 Å². The summed E-state index contributed by atoms with van der Waals surface area (Å²) in [7, 11) is 0. The minimum Gasteiger partial charge on any atom is -0.258 e. The van der Waals surface area contributed by atoms with Gasteiger partial charge in [-0.15, -0.1) is 20.4 Å². The molecule has 2 heterocycles. The van der Waals surface area contributed by atoms with Crippen molar-refractivity contribution in [3.05, 3.63) is 89.9 Å². The Morgan fingerprint density at radius 2 is 1.06 bits per heavy atom. The van der Waals surface area contributed by atoms with Gasteiger partial charge in [0.1, 0.15) is 10.0 Å². The zero-order valence-corrected chi connectivity index (χ0v) is 18.0. The molecule has 2 aromatic carbocycles. The van der Waals surface area contributed by atoms with Crippen LogP contribution in [0.15, 0.2) is 57.2 Å². The number of nitro groups is 2. The molecule has 10 nitrogen and oxygen atoms in total. The standard InChI is InChI=1S/C18H12N6O4S3/c25-23(26)13-5-1-11(2-6-13)9-15-19-21-17(29-15)31-18-22-20-16(30-18)10-12-3-7-14(8-4-12)24(27)28/h1-8H,9-10H2. The van der Waals surface area contributed by atoms with Crippen LogP contribution in [0.4, 0.5) is 11.4 Å². The first-order chi connectivity index (χ1) is 15.0. The van der Waals surface area contributed by atoms with Crippen molar-refractivity contribution >= 4 is 45.8 Å². The van der Waals surface area contributed by atoms with Gasteiger partial charge in [0.05, 0.1) is 9.85 Å². The second kappa shape index (κ2) is 9.24. The molecule has 0 amide bonds. The molecule has 0 saturated carbocycles. The van der Waals surface area contributed by atoms with Crippen LogP contribution >= 0.6 is 34.4 Å². The van der Waals surface area contributed by atoms with Gasteiger partial charge in [-0.3, -0.25) is 20.2 Å². The highest BCUT2D eigenvalue weighted by Gasteiger charge is 2.13. The van der Waals surface area contributed by atoms with Crippen LogP contribution in [0.2, 0.25) is 0 Å². The van der Waals surface area contributed by atoms with E-state index in [-0.39, 0.29) is 11.4 Å². The zero-order valence-electron chi connectivity index (χ0n) is 15.6. The Kier molecular flexibility index (Phi) is 6.25. The van der Waals surface area contributed by atoms with Gasteiger partial charge in [-0.1, -0.05) is 46.9 Å². The fourth-order valence-corrected chi connectivity index (χ4v) is 5.66. The van der Waals surface area contributed by atoms with Crippen LogP contribution in [0.1, 0.15) is 21.1 Å². The summed E-state index contributed by atoms with van der Waals surface area (Å²) in [6.07, 6.45) is 1.08. The average Bonchev–Trinajstić information content (AvgIpc) is 3.38. The first kappa shape index (κ1) is 21.0. The number of nitro benzene ring substituents is 2. The summed E-state index contributed by atoms with van der Waals surface area (Å²) >= 11 is 4.24. The summed E-state index contributed by atoms with van der Waals surface area (Å²) < 4.78 is 1.46. The number of rotatable bonds is 8. The lowest BCUT2D eigenvalue weighted by atomic mass is 10.1. The molecule has 4 rings (SSSR count). The molecule has 0 bridgehead atoms. The van der Waals surface area contributed by atoms with Crippen molar-refractivity contribution in [1.29, 1.82) is 0 Å². The Bertz CT molecular complexity index is 1130. The van der Waals surface area contributed by atoms with E-state index in [1.807, 2.05) is 0 Å². The number of benzene rings is 2. The Balaban J connectivity index is 1.36. The first-order valence-corrected chi connectivity index (χ1v) is 11.2. The van der Waals surface area contributed by atoms with E-state index in [0.29, 0.717) is 12.8 Å². The van der Waals surface area contributed by atoms with Crippen molar-refractivity contribution in [2.45, 2.75) is 21.5 Å². The van der Waals surface area contributed by atoms with Crippen LogP contribution in [0.25, 0.3) is 0 Å². The molecule has 0 saturated heterocycles. The lowest BCUT2D eigenvalue weighted by molar-refractivity contribution is -0.385. The van der Waals surface area contributed by atoms with Gasteiger partial charge in [-0.05, 0) is 22.9 Å². The smallest absolute Gasteiger partial charge is 0.258 e. The summed E-state index contributed by atoms with van der Waals surface area (Å²) in [5.74, 6) is 0. The highest BCUT2D eigenvalue weighted by Crippen LogP contribution is 2.33. The van der Waals surface area contributed by atoms with Crippen LogP contribution in [0, 0.1) is 20.2 Å². The minimum atomic E-state index is -0.429. The van der Waals surface area contributed by atoms with Gasteiger partial charge in [-0.25, -0.2) is 0 Å². The monoisotopic (exact) mass is 472 g/mol. The molecular formula is C18H12N6O4S3. The van der Waals surface area contributed by atoms with Gasteiger partial charge in [0, 0.05) is 37.1 Å². The number of hydrogen-bond acceptors (Lipinski definition) is 11. The molecule has 156 valence electrons. The number of nitrogens with zero attached hydrogens (tertiary/aromatic N) is 6. The third kappa shape index (κ3) is 5.45. The molecule has 0 aliphatic carbocycles. The molecule has 0 aliphatic rings. The Morgan fingerprint density at radius 3 is 1.42 bits per heavy atom. The molecule has 0 fully saturated rings. The largest absolute Gasteiger partial charge is 0.269 e. The van der Waals surface area contributed by atoms with E-state index < -0.39 is 9.85 Å². The topological polar surface area (TPSA) is 138 Å². The summed E-state index contributed by atoms with van der Waals surface area (Å²) in [5.41, 5.74) is 1.94. The van der Waals surface area contributed by atoms with E-state index in [1.54, 1.807) is 24.3 Å². The summed E-state index contributed by atoms with van der Waals surface area (Å²) in [6.45, 7) is 0. The second-order valence-electron chi connectivity index (χ2n) is 6.23. The van der Waals surface area contributed by atoms with Crippen molar-refractivity contribution in [3.63, 3.8) is 0 Å². The molecule has 2 aromatic heterocycles. The van der Waals surface area contributed by atoms with Gasteiger partial charge in [-0.2, -0.15) is 0 Å². The minimum absolute atomic E-state index is 0.0538. The van der Waals surface area contributed by atoms with Crippen LogP contribution in [0.3, 0.4) is 0 Å². The first-order valence-electron chi connectivity index (χ1n) is 8.75. The van der Waals surface area contributed by atoms with Crippen molar-refractivity contribution in [2.24, 2.45) is 0 Å². The molecule has 4 aromatic rings. The Morgan fingerprint density at radius 1 is 0.677 bits per heavy atom. The van der Waals surface area contributed by atoms with Crippen molar-refractivity contribution < 1.29 is 9.85 Å². The molecule has 0 N–H and O–H groups in total. The van der Waals surface area contributed by atoms with Gasteiger partial charge in [0.25, 0.3) is 11.4 Å². The maximum atomic E-state index is 10.7. The lowest BCUT2D eigenvalue weighted by Gasteiger charge is -1.97. The number of hydrogen-bond donors (Lipinski definition) is 0. The lowest BCUT2D eigenvalue weighted by Crippen LogP contribution is -1.90. The van der Waals surface area contributed by atoms with E-state index in [9.17, 15) is 20.2 Å². The zero-order chi connectivity index (χ0) is 21.8. The predicted octanol–water partition coefficient (Wildman–Crippen LogP) is 4.54. The quantitative estimate of drug-likeness (QED) is 0.267. The number of non-ortho nitro benzene ring substituents is 2. The fourth-order valence-electron chi connectivity index (χ4n) is 2.60.